The molecular weight excluding hydrogens is 347 g/mol. The second-order valence-electron chi connectivity index (χ2n) is 7.45. The standard InChI is InChI=1S/C17H33IO/c1-6-14(7-2)12-19-17(13-18)10-8-15(9-11-17)16(3,4)5/h14-15H,6-13H2,1-5H3. The fourth-order valence-electron chi connectivity index (χ4n) is 3.15. The number of hydrogen-bond donors (Lipinski definition) is 0. The molecule has 0 bridgehead atoms. The molecule has 0 atom stereocenters. The zero-order chi connectivity index (χ0) is 14.5. The zero-order valence-electron chi connectivity index (χ0n) is 13.6. The first-order chi connectivity index (χ1) is 8.87. The van der Waals surface area contributed by atoms with E-state index in [9.17, 15) is 0 Å². The molecular formula is C17H33IO. The van der Waals surface area contributed by atoms with Crippen molar-refractivity contribution in [2.24, 2.45) is 17.3 Å². The van der Waals surface area contributed by atoms with E-state index < -0.39 is 0 Å². The van der Waals surface area contributed by atoms with Crippen LogP contribution in [0.25, 0.3) is 0 Å². The molecule has 0 aromatic rings. The van der Waals surface area contributed by atoms with Crippen LogP contribution < -0.4 is 0 Å². The molecule has 1 saturated carbocycles. The lowest BCUT2D eigenvalue weighted by Crippen LogP contribution is -2.42. The van der Waals surface area contributed by atoms with Crippen LogP contribution in [-0.4, -0.2) is 16.6 Å². The van der Waals surface area contributed by atoms with Gasteiger partial charge < -0.3 is 4.74 Å². The van der Waals surface area contributed by atoms with Crippen molar-refractivity contribution in [3.8, 4) is 0 Å². The normalized spacial score (nSPS) is 28.9. The Bertz CT molecular complexity index is 244. The molecule has 0 aromatic heterocycles. The van der Waals surface area contributed by atoms with Crippen LogP contribution in [0.15, 0.2) is 0 Å². The number of hydrogen-bond acceptors (Lipinski definition) is 1. The molecule has 2 heteroatoms. The van der Waals surface area contributed by atoms with Gasteiger partial charge in [0.15, 0.2) is 0 Å². The van der Waals surface area contributed by atoms with Gasteiger partial charge in [-0.2, -0.15) is 0 Å². The monoisotopic (exact) mass is 380 g/mol. The van der Waals surface area contributed by atoms with Gasteiger partial charge in [-0.05, 0) is 42.9 Å². The minimum absolute atomic E-state index is 0.185. The van der Waals surface area contributed by atoms with Gasteiger partial charge in [-0.3, -0.25) is 0 Å². The molecule has 1 fully saturated rings. The maximum Gasteiger partial charge on any atom is 0.0771 e. The van der Waals surface area contributed by atoms with Crippen molar-refractivity contribution in [3.05, 3.63) is 0 Å². The lowest BCUT2D eigenvalue weighted by atomic mass is 9.69. The third-order valence-electron chi connectivity index (χ3n) is 5.15. The van der Waals surface area contributed by atoms with Gasteiger partial charge in [-0.15, -0.1) is 0 Å². The van der Waals surface area contributed by atoms with Gasteiger partial charge in [-0.1, -0.05) is 70.1 Å². The number of alkyl halides is 1. The van der Waals surface area contributed by atoms with Crippen molar-refractivity contribution in [3.63, 3.8) is 0 Å². The summed E-state index contributed by atoms with van der Waals surface area (Å²) >= 11 is 2.53. The van der Waals surface area contributed by atoms with Crippen LogP contribution >= 0.6 is 22.6 Å². The summed E-state index contributed by atoms with van der Waals surface area (Å²) in [5, 5.41) is 0. The fraction of sp³-hybridized carbons (Fsp3) is 1.00. The van der Waals surface area contributed by atoms with Crippen LogP contribution in [0.1, 0.15) is 73.1 Å². The first kappa shape index (κ1) is 17.7. The number of ether oxygens (including phenoxy) is 1. The second kappa shape index (κ2) is 7.63. The Morgan fingerprint density at radius 1 is 1.16 bits per heavy atom. The average molecular weight is 380 g/mol. The molecule has 114 valence electrons. The van der Waals surface area contributed by atoms with E-state index in [4.69, 9.17) is 4.74 Å². The van der Waals surface area contributed by atoms with E-state index in [2.05, 4.69) is 57.2 Å². The van der Waals surface area contributed by atoms with Crippen LogP contribution in [-0.2, 0) is 4.74 Å². The van der Waals surface area contributed by atoms with Gasteiger partial charge in [0.25, 0.3) is 0 Å². The zero-order valence-corrected chi connectivity index (χ0v) is 15.8. The molecule has 0 N–H and O–H groups in total. The van der Waals surface area contributed by atoms with Gasteiger partial charge >= 0.3 is 0 Å². The summed E-state index contributed by atoms with van der Waals surface area (Å²) < 4.78 is 7.57. The molecule has 19 heavy (non-hydrogen) atoms. The van der Waals surface area contributed by atoms with Gasteiger partial charge in [0, 0.05) is 4.43 Å². The minimum atomic E-state index is 0.185. The SMILES string of the molecule is CCC(CC)COC1(CI)CCC(C(C)(C)C)CC1. The van der Waals surface area contributed by atoms with E-state index >= 15 is 0 Å². The Morgan fingerprint density at radius 3 is 2.05 bits per heavy atom. The van der Waals surface area contributed by atoms with E-state index in [1.807, 2.05) is 0 Å². The van der Waals surface area contributed by atoms with Crippen molar-refractivity contribution in [1.29, 1.82) is 0 Å². The van der Waals surface area contributed by atoms with Crippen LogP contribution in [0.4, 0.5) is 0 Å². The summed E-state index contributed by atoms with van der Waals surface area (Å²) in [6.07, 6.45) is 7.71. The molecule has 1 aliphatic carbocycles. The van der Waals surface area contributed by atoms with E-state index in [1.54, 1.807) is 0 Å². The number of rotatable bonds is 6. The molecule has 0 heterocycles. The van der Waals surface area contributed by atoms with Crippen molar-refractivity contribution in [2.75, 3.05) is 11.0 Å². The van der Waals surface area contributed by atoms with Gasteiger partial charge in [-0.25, -0.2) is 0 Å². The smallest absolute Gasteiger partial charge is 0.0771 e. The molecule has 1 rings (SSSR count). The predicted molar refractivity (Wildman–Crippen MR) is 93.1 cm³/mol. The summed E-state index contributed by atoms with van der Waals surface area (Å²) in [7, 11) is 0. The van der Waals surface area contributed by atoms with Crippen molar-refractivity contribution < 1.29 is 4.74 Å². The summed E-state index contributed by atoms with van der Waals surface area (Å²) in [6, 6.07) is 0. The highest BCUT2D eigenvalue weighted by atomic mass is 127. The summed E-state index contributed by atoms with van der Waals surface area (Å²) in [4.78, 5) is 0. The fourth-order valence-corrected chi connectivity index (χ4v) is 4.13. The molecule has 1 aliphatic rings. The van der Waals surface area contributed by atoms with E-state index in [0.717, 1.165) is 22.9 Å². The van der Waals surface area contributed by atoms with Gasteiger partial charge in [0.1, 0.15) is 0 Å². The van der Waals surface area contributed by atoms with Crippen molar-refractivity contribution in [2.45, 2.75) is 78.7 Å². The summed E-state index contributed by atoms with van der Waals surface area (Å²) in [5.41, 5.74) is 0.651. The molecule has 0 spiro atoms. The molecule has 1 nitrogen and oxygen atoms in total. The predicted octanol–water partition coefficient (Wildman–Crippen LogP) is 5.85. The third kappa shape index (κ3) is 5.18. The van der Waals surface area contributed by atoms with E-state index in [0.29, 0.717) is 5.41 Å². The molecule has 0 saturated heterocycles. The van der Waals surface area contributed by atoms with Crippen molar-refractivity contribution in [1.82, 2.24) is 0 Å². The first-order valence-corrected chi connectivity index (χ1v) is 9.59. The highest BCUT2D eigenvalue weighted by Gasteiger charge is 2.39. The summed E-state index contributed by atoms with van der Waals surface area (Å²) in [5.74, 6) is 1.63. The lowest BCUT2D eigenvalue weighted by molar-refractivity contribution is -0.0808. The van der Waals surface area contributed by atoms with Gasteiger partial charge in [0.05, 0.1) is 12.2 Å². The summed E-state index contributed by atoms with van der Waals surface area (Å²) in [6.45, 7) is 12.7. The van der Waals surface area contributed by atoms with Crippen molar-refractivity contribution >= 4 is 22.6 Å². The maximum atomic E-state index is 6.42. The average Bonchev–Trinajstić information content (AvgIpc) is 2.39. The third-order valence-corrected chi connectivity index (χ3v) is 6.54. The Kier molecular flexibility index (Phi) is 7.12. The lowest BCUT2D eigenvalue weighted by Gasteiger charge is -2.43. The Morgan fingerprint density at radius 2 is 1.68 bits per heavy atom. The minimum Gasteiger partial charge on any atom is -0.374 e. The Hall–Kier alpha value is 0.690. The second-order valence-corrected chi connectivity index (χ2v) is 8.21. The molecule has 0 amide bonds. The van der Waals surface area contributed by atoms with E-state index in [-0.39, 0.29) is 5.60 Å². The number of halogens is 1. The first-order valence-electron chi connectivity index (χ1n) is 8.06. The molecule has 0 aliphatic heterocycles. The quantitative estimate of drug-likeness (QED) is 0.415. The topological polar surface area (TPSA) is 9.23 Å². The van der Waals surface area contributed by atoms with Gasteiger partial charge in [0.2, 0.25) is 0 Å². The van der Waals surface area contributed by atoms with E-state index in [1.165, 1.54) is 38.5 Å². The molecule has 0 unspecified atom stereocenters. The van der Waals surface area contributed by atoms with Crippen LogP contribution in [0.3, 0.4) is 0 Å². The Labute approximate surface area is 134 Å². The highest BCUT2D eigenvalue weighted by Crippen LogP contribution is 2.43. The highest BCUT2D eigenvalue weighted by molar-refractivity contribution is 14.1. The Balaban J connectivity index is 2.51. The van der Waals surface area contributed by atoms with Crippen LogP contribution in [0.5, 0.6) is 0 Å². The van der Waals surface area contributed by atoms with Crippen LogP contribution in [0.2, 0.25) is 0 Å². The van der Waals surface area contributed by atoms with Crippen LogP contribution in [0, 0.1) is 17.3 Å². The molecule has 0 aromatic carbocycles. The molecule has 0 radical (unpaired) electrons. The maximum absolute atomic E-state index is 6.42. The largest absolute Gasteiger partial charge is 0.374 e.